The number of unbranched alkanes of at least 4 members (excludes halogenated alkanes) is 1. The fourth-order valence-electron chi connectivity index (χ4n) is 0.839. The minimum Gasteiger partial charge on any atom is -0.480 e. The standard InChI is InChI=1S/C6H14N2O2.C5H6O4/c7-4-2-1-3-5(8)6(9)10;1-9-5(8)3-2-4(6)7/h5H,1-4,7-8H2,(H,9,10);2-3H,1H3,(H,6,7)/b;3-2+/t5-;/m0./s1. The van der Waals surface area contributed by atoms with Crippen LogP contribution in [0.25, 0.3) is 0 Å². The minimum absolute atomic E-state index is 0.520. The number of nitrogens with two attached hydrogens (primary N) is 2. The number of methoxy groups -OCH3 is 1. The highest BCUT2D eigenvalue weighted by Gasteiger charge is 2.09. The summed E-state index contributed by atoms with van der Waals surface area (Å²) in [6.45, 7) is 0.604. The van der Waals surface area contributed by atoms with E-state index in [9.17, 15) is 14.4 Å². The summed E-state index contributed by atoms with van der Waals surface area (Å²) in [6.07, 6.45) is 3.71. The molecule has 0 spiro atoms. The molecule has 0 aliphatic heterocycles. The number of carbonyl (C=O) groups is 3. The van der Waals surface area contributed by atoms with Gasteiger partial charge in [0.25, 0.3) is 0 Å². The Balaban J connectivity index is 0. The van der Waals surface area contributed by atoms with Crippen molar-refractivity contribution < 1.29 is 29.3 Å². The molecule has 0 rings (SSSR count). The fourth-order valence-corrected chi connectivity index (χ4v) is 0.839. The Morgan fingerprint density at radius 1 is 1.21 bits per heavy atom. The highest BCUT2D eigenvalue weighted by molar-refractivity contribution is 5.90. The predicted molar refractivity (Wildman–Crippen MR) is 67.3 cm³/mol. The van der Waals surface area contributed by atoms with Gasteiger partial charge in [0.1, 0.15) is 6.04 Å². The summed E-state index contributed by atoms with van der Waals surface area (Å²) in [5.74, 6) is -2.77. The molecule has 0 saturated heterocycles. The third kappa shape index (κ3) is 16.1. The molecule has 0 aromatic rings. The largest absolute Gasteiger partial charge is 0.480 e. The van der Waals surface area contributed by atoms with Crippen LogP contribution in [-0.4, -0.2) is 47.8 Å². The number of hydrogen-bond donors (Lipinski definition) is 4. The number of rotatable bonds is 7. The van der Waals surface area contributed by atoms with E-state index >= 15 is 0 Å². The normalized spacial score (nSPS) is 11.3. The molecule has 6 N–H and O–H groups in total. The second kappa shape index (κ2) is 12.5. The molecule has 0 bridgehead atoms. The molecule has 0 heterocycles. The van der Waals surface area contributed by atoms with E-state index < -0.39 is 23.9 Å². The maximum absolute atomic E-state index is 10.1. The van der Waals surface area contributed by atoms with Crippen molar-refractivity contribution in [2.45, 2.75) is 25.3 Å². The number of carbonyl (C=O) groups excluding carboxylic acids is 1. The first-order valence-electron chi connectivity index (χ1n) is 5.52. The van der Waals surface area contributed by atoms with Gasteiger partial charge in [0.05, 0.1) is 7.11 Å². The molecule has 8 nitrogen and oxygen atoms in total. The topological polar surface area (TPSA) is 153 Å². The molecule has 0 unspecified atom stereocenters. The van der Waals surface area contributed by atoms with Crippen LogP contribution in [0.2, 0.25) is 0 Å². The lowest BCUT2D eigenvalue weighted by Crippen LogP contribution is -2.29. The summed E-state index contributed by atoms with van der Waals surface area (Å²) < 4.78 is 4.11. The summed E-state index contributed by atoms with van der Waals surface area (Å²) >= 11 is 0. The van der Waals surface area contributed by atoms with Crippen molar-refractivity contribution in [1.82, 2.24) is 0 Å². The van der Waals surface area contributed by atoms with E-state index in [0.717, 1.165) is 18.9 Å². The SMILES string of the molecule is COC(=O)/C=C/C(=O)O.NCCCC[C@H](N)C(=O)O. The van der Waals surface area contributed by atoms with E-state index in [1.54, 1.807) is 0 Å². The number of ether oxygens (including phenoxy) is 1. The average Bonchev–Trinajstić information content (AvgIpc) is 2.36. The lowest BCUT2D eigenvalue weighted by Gasteiger charge is -2.03. The van der Waals surface area contributed by atoms with E-state index in [1.807, 2.05) is 0 Å². The van der Waals surface area contributed by atoms with Crippen LogP contribution < -0.4 is 11.5 Å². The van der Waals surface area contributed by atoms with Crippen LogP contribution in [0.1, 0.15) is 19.3 Å². The monoisotopic (exact) mass is 276 g/mol. The second-order valence-corrected chi connectivity index (χ2v) is 3.42. The molecule has 0 aliphatic carbocycles. The zero-order valence-electron chi connectivity index (χ0n) is 10.7. The highest BCUT2D eigenvalue weighted by Crippen LogP contribution is 1.96. The molecule has 0 aromatic carbocycles. The molecule has 0 aliphatic rings. The summed E-state index contributed by atoms with van der Waals surface area (Å²) in [6, 6.07) is -0.716. The van der Waals surface area contributed by atoms with Crippen LogP contribution in [0.15, 0.2) is 12.2 Å². The summed E-state index contributed by atoms with van der Waals surface area (Å²) in [5.41, 5.74) is 10.4. The Kier molecular flexibility index (Phi) is 12.8. The van der Waals surface area contributed by atoms with Gasteiger partial charge in [-0.2, -0.15) is 0 Å². The Morgan fingerprint density at radius 2 is 1.79 bits per heavy atom. The Hall–Kier alpha value is -1.93. The third-order valence-corrected chi connectivity index (χ3v) is 1.85. The molecule has 8 heteroatoms. The van der Waals surface area contributed by atoms with Crippen LogP contribution in [0.5, 0.6) is 0 Å². The first kappa shape index (κ1) is 19.4. The molecule has 0 amide bonds. The van der Waals surface area contributed by atoms with Gasteiger partial charge < -0.3 is 26.4 Å². The van der Waals surface area contributed by atoms with Gasteiger partial charge in [0.15, 0.2) is 0 Å². The number of aliphatic carboxylic acids is 2. The maximum Gasteiger partial charge on any atom is 0.330 e. The summed E-state index contributed by atoms with van der Waals surface area (Å²) in [5, 5.41) is 16.3. The van der Waals surface area contributed by atoms with Gasteiger partial charge >= 0.3 is 17.9 Å². The lowest BCUT2D eigenvalue weighted by atomic mass is 10.1. The molecule has 0 saturated carbocycles. The van der Waals surface area contributed by atoms with Crippen molar-refractivity contribution in [2.75, 3.05) is 13.7 Å². The van der Waals surface area contributed by atoms with Crippen molar-refractivity contribution in [2.24, 2.45) is 11.5 Å². The van der Waals surface area contributed by atoms with Crippen LogP contribution in [-0.2, 0) is 19.1 Å². The first-order valence-corrected chi connectivity index (χ1v) is 5.52. The van der Waals surface area contributed by atoms with Gasteiger partial charge in [-0.1, -0.05) is 6.42 Å². The molecule has 110 valence electrons. The molecule has 0 aromatic heterocycles. The van der Waals surface area contributed by atoms with Crippen molar-refractivity contribution in [3.05, 3.63) is 12.2 Å². The van der Waals surface area contributed by atoms with Gasteiger partial charge in [0, 0.05) is 12.2 Å². The highest BCUT2D eigenvalue weighted by atomic mass is 16.5. The molecule has 0 fully saturated rings. The second-order valence-electron chi connectivity index (χ2n) is 3.42. The van der Waals surface area contributed by atoms with Gasteiger partial charge in [-0.25, -0.2) is 9.59 Å². The first-order chi connectivity index (χ1) is 8.84. The molecular formula is C11H20N2O6. The minimum atomic E-state index is -1.17. The summed E-state index contributed by atoms with van der Waals surface area (Å²) in [7, 11) is 1.18. The molecular weight excluding hydrogens is 256 g/mol. The van der Waals surface area contributed by atoms with Crippen molar-refractivity contribution in [3.63, 3.8) is 0 Å². The zero-order valence-corrected chi connectivity index (χ0v) is 10.7. The molecule has 0 radical (unpaired) electrons. The lowest BCUT2D eigenvalue weighted by molar-refractivity contribution is -0.138. The zero-order chi connectivity index (χ0) is 15.3. The van der Waals surface area contributed by atoms with Gasteiger partial charge in [0.2, 0.25) is 0 Å². The quantitative estimate of drug-likeness (QED) is 0.271. The fraction of sp³-hybridized carbons (Fsp3) is 0.545. The van der Waals surface area contributed by atoms with E-state index in [-0.39, 0.29) is 0 Å². The predicted octanol–water partition coefficient (Wildman–Crippen LogP) is -0.672. The number of hydrogen-bond acceptors (Lipinski definition) is 6. The van der Waals surface area contributed by atoms with E-state index in [0.29, 0.717) is 19.0 Å². The van der Waals surface area contributed by atoms with E-state index in [1.165, 1.54) is 7.11 Å². The molecule has 19 heavy (non-hydrogen) atoms. The van der Waals surface area contributed by atoms with Crippen LogP contribution >= 0.6 is 0 Å². The van der Waals surface area contributed by atoms with Crippen LogP contribution in [0, 0.1) is 0 Å². The van der Waals surface area contributed by atoms with Gasteiger partial charge in [-0.15, -0.1) is 0 Å². The number of carboxylic acids is 2. The van der Waals surface area contributed by atoms with E-state index in [4.69, 9.17) is 21.7 Å². The van der Waals surface area contributed by atoms with Gasteiger partial charge in [-0.3, -0.25) is 4.79 Å². The number of carboxylic acid groups (broad SMARTS) is 2. The van der Waals surface area contributed by atoms with Gasteiger partial charge in [-0.05, 0) is 19.4 Å². The van der Waals surface area contributed by atoms with Crippen LogP contribution in [0.4, 0.5) is 0 Å². The van der Waals surface area contributed by atoms with Crippen molar-refractivity contribution in [3.8, 4) is 0 Å². The van der Waals surface area contributed by atoms with Crippen molar-refractivity contribution >= 4 is 17.9 Å². The average molecular weight is 276 g/mol. The maximum atomic E-state index is 10.1. The van der Waals surface area contributed by atoms with Crippen molar-refractivity contribution in [1.29, 1.82) is 0 Å². The van der Waals surface area contributed by atoms with Crippen LogP contribution in [0.3, 0.4) is 0 Å². The third-order valence-electron chi connectivity index (χ3n) is 1.85. The Bertz CT molecular complexity index is 316. The number of esters is 1. The molecule has 1 atom stereocenters. The smallest absolute Gasteiger partial charge is 0.330 e. The van der Waals surface area contributed by atoms with E-state index in [2.05, 4.69) is 4.74 Å². The summed E-state index contributed by atoms with van der Waals surface area (Å²) in [4.78, 5) is 30.0. The Morgan fingerprint density at radius 3 is 2.16 bits per heavy atom. The Labute approximate surface area is 111 Å².